The summed E-state index contributed by atoms with van der Waals surface area (Å²) in [6.45, 7) is 3.96. The van der Waals surface area contributed by atoms with Crippen LogP contribution in [0.2, 0.25) is 0 Å². The van der Waals surface area contributed by atoms with Gasteiger partial charge in [0.05, 0.1) is 11.8 Å². The van der Waals surface area contributed by atoms with E-state index in [1.165, 1.54) is 5.01 Å². The molecule has 7 nitrogen and oxygen atoms in total. The zero-order chi connectivity index (χ0) is 19.7. The molecule has 144 valence electrons. The third kappa shape index (κ3) is 3.31. The normalized spacial score (nSPS) is 17.4. The molecule has 1 atom stereocenters. The molecule has 4 rings (SSSR count). The Morgan fingerprint density at radius 3 is 2.64 bits per heavy atom. The zero-order valence-electron chi connectivity index (χ0n) is 15.8. The number of benzene rings is 2. The molecule has 0 aliphatic carbocycles. The van der Waals surface area contributed by atoms with Crippen molar-refractivity contribution >= 4 is 23.7 Å². The lowest BCUT2D eigenvalue weighted by molar-refractivity contribution is -0.120. The van der Waals surface area contributed by atoms with Crippen LogP contribution in [0.3, 0.4) is 0 Å². The largest absolute Gasteiger partial charge is 0.454 e. The third-order valence-corrected chi connectivity index (χ3v) is 4.91. The second-order valence-electron chi connectivity index (χ2n) is 6.83. The first kappa shape index (κ1) is 18.0. The summed E-state index contributed by atoms with van der Waals surface area (Å²) in [5, 5.41) is 8.89. The molecule has 2 aromatic carbocycles. The van der Waals surface area contributed by atoms with Gasteiger partial charge in [0.1, 0.15) is 0 Å². The molecular formula is C21H21N3O4. The summed E-state index contributed by atoms with van der Waals surface area (Å²) in [4.78, 5) is 23.2. The van der Waals surface area contributed by atoms with Gasteiger partial charge in [0.15, 0.2) is 11.5 Å². The Morgan fingerprint density at radius 2 is 1.96 bits per heavy atom. The van der Waals surface area contributed by atoms with Crippen LogP contribution >= 0.6 is 0 Å². The van der Waals surface area contributed by atoms with Crippen LogP contribution in [0.4, 0.5) is 5.69 Å². The molecule has 0 aromatic heterocycles. The third-order valence-electron chi connectivity index (χ3n) is 4.91. The highest BCUT2D eigenvalue weighted by atomic mass is 16.7. The maximum absolute atomic E-state index is 11.6. The van der Waals surface area contributed by atoms with Crippen LogP contribution in [-0.2, 0) is 16.0 Å². The van der Waals surface area contributed by atoms with Crippen LogP contribution < -0.4 is 14.8 Å². The van der Waals surface area contributed by atoms with E-state index >= 15 is 0 Å². The van der Waals surface area contributed by atoms with Crippen molar-refractivity contribution < 1.29 is 19.1 Å². The molecule has 7 heteroatoms. The molecule has 1 N–H and O–H groups in total. The SMILES string of the molecule is CCC(=O)Nc1ccc(C2=NN(C=O)C(C)Cc3cc4c(cc32)OCO4)cc1. The predicted octanol–water partition coefficient (Wildman–Crippen LogP) is 2.92. The van der Waals surface area contributed by atoms with Crippen molar-refractivity contribution in [2.45, 2.75) is 32.7 Å². The second kappa shape index (κ2) is 7.34. The summed E-state index contributed by atoms with van der Waals surface area (Å²) >= 11 is 0. The number of nitrogens with one attached hydrogen (secondary N) is 1. The lowest BCUT2D eigenvalue weighted by Gasteiger charge is -2.17. The van der Waals surface area contributed by atoms with Gasteiger partial charge >= 0.3 is 0 Å². The average Bonchev–Trinajstić information content (AvgIpc) is 3.11. The van der Waals surface area contributed by atoms with Crippen molar-refractivity contribution in [3.8, 4) is 11.5 Å². The molecule has 0 radical (unpaired) electrons. The number of carbonyl (C=O) groups is 2. The van der Waals surface area contributed by atoms with Gasteiger partial charge in [-0.1, -0.05) is 19.1 Å². The number of anilines is 1. The van der Waals surface area contributed by atoms with Gasteiger partial charge in [-0.05, 0) is 43.2 Å². The van der Waals surface area contributed by atoms with E-state index in [0.717, 1.165) is 28.8 Å². The topological polar surface area (TPSA) is 80.2 Å². The Bertz CT molecular complexity index is 953. The number of hydrogen-bond acceptors (Lipinski definition) is 5. The molecule has 2 heterocycles. The van der Waals surface area contributed by atoms with E-state index in [9.17, 15) is 9.59 Å². The average molecular weight is 379 g/mol. The minimum Gasteiger partial charge on any atom is -0.454 e. The molecule has 0 bridgehead atoms. The van der Waals surface area contributed by atoms with Crippen molar-refractivity contribution in [2.75, 3.05) is 12.1 Å². The van der Waals surface area contributed by atoms with Crippen molar-refractivity contribution in [1.82, 2.24) is 5.01 Å². The van der Waals surface area contributed by atoms with Gasteiger partial charge in [-0.15, -0.1) is 0 Å². The fourth-order valence-electron chi connectivity index (χ4n) is 3.35. The molecule has 2 aliphatic rings. The molecule has 0 spiro atoms. The second-order valence-corrected chi connectivity index (χ2v) is 6.83. The van der Waals surface area contributed by atoms with Crippen LogP contribution in [0.25, 0.3) is 0 Å². The van der Waals surface area contributed by atoms with Gasteiger partial charge in [0, 0.05) is 23.2 Å². The number of rotatable bonds is 4. The number of ether oxygens (including phenoxy) is 2. The van der Waals surface area contributed by atoms with Crippen LogP contribution in [0, 0.1) is 0 Å². The minimum atomic E-state index is -0.0859. The highest BCUT2D eigenvalue weighted by Crippen LogP contribution is 2.37. The predicted molar refractivity (Wildman–Crippen MR) is 105 cm³/mol. The van der Waals surface area contributed by atoms with E-state index in [2.05, 4.69) is 10.4 Å². The van der Waals surface area contributed by atoms with Crippen molar-refractivity contribution in [3.63, 3.8) is 0 Å². The minimum absolute atomic E-state index is 0.0430. The number of fused-ring (bicyclic) bond motifs is 2. The fourth-order valence-corrected chi connectivity index (χ4v) is 3.35. The zero-order valence-corrected chi connectivity index (χ0v) is 15.8. The van der Waals surface area contributed by atoms with E-state index < -0.39 is 0 Å². The summed E-state index contributed by atoms with van der Waals surface area (Å²) in [5.41, 5.74) is 4.19. The van der Waals surface area contributed by atoms with Crippen LogP contribution in [0.1, 0.15) is 37.0 Å². The van der Waals surface area contributed by atoms with E-state index in [1.807, 2.05) is 43.3 Å². The number of nitrogens with zero attached hydrogens (tertiary/aromatic N) is 2. The number of carbonyl (C=O) groups excluding carboxylic acids is 2. The first-order valence-corrected chi connectivity index (χ1v) is 9.24. The Morgan fingerprint density at radius 1 is 1.25 bits per heavy atom. The van der Waals surface area contributed by atoms with Crippen molar-refractivity contribution in [2.24, 2.45) is 5.10 Å². The van der Waals surface area contributed by atoms with Gasteiger partial charge in [0.25, 0.3) is 0 Å². The number of hydrogen-bond donors (Lipinski definition) is 1. The summed E-state index contributed by atoms with van der Waals surface area (Å²) < 4.78 is 11.0. The standard InChI is InChI=1S/C21H21N3O4/c1-3-20(26)22-16-6-4-14(5-7-16)21-17-10-19-18(27-12-28-19)9-15(17)8-13(2)24(11-25)23-21/h4-7,9-11,13H,3,8,12H2,1-2H3,(H,22,26). The Balaban J connectivity index is 1.77. The molecule has 0 saturated heterocycles. The Labute approximate surface area is 162 Å². The highest BCUT2D eigenvalue weighted by Gasteiger charge is 2.26. The van der Waals surface area contributed by atoms with E-state index in [-0.39, 0.29) is 18.7 Å². The van der Waals surface area contributed by atoms with Gasteiger partial charge in [-0.25, -0.2) is 5.01 Å². The van der Waals surface area contributed by atoms with Crippen molar-refractivity contribution in [1.29, 1.82) is 0 Å². The molecule has 2 aliphatic heterocycles. The van der Waals surface area contributed by atoms with Crippen LogP contribution in [0.5, 0.6) is 11.5 Å². The van der Waals surface area contributed by atoms with Gasteiger partial charge in [0.2, 0.25) is 19.1 Å². The monoisotopic (exact) mass is 379 g/mol. The maximum Gasteiger partial charge on any atom is 0.231 e. The summed E-state index contributed by atoms with van der Waals surface area (Å²) in [6.07, 6.45) is 1.82. The lowest BCUT2D eigenvalue weighted by atomic mass is 9.94. The quantitative estimate of drug-likeness (QED) is 0.829. The first-order valence-electron chi connectivity index (χ1n) is 9.24. The molecular weight excluding hydrogens is 358 g/mol. The molecule has 0 saturated carbocycles. The van der Waals surface area contributed by atoms with E-state index in [4.69, 9.17) is 9.47 Å². The highest BCUT2D eigenvalue weighted by molar-refractivity contribution is 6.14. The van der Waals surface area contributed by atoms with Gasteiger partial charge in [-0.3, -0.25) is 9.59 Å². The van der Waals surface area contributed by atoms with Gasteiger partial charge < -0.3 is 14.8 Å². The number of amides is 2. The fraction of sp³-hybridized carbons (Fsp3) is 0.286. The van der Waals surface area contributed by atoms with Crippen LogP contribution in [0.15, 0.2) is 41.5 Å². The lowest BCUT2D eigenvalue weighted by Crippen LogP contribution is -2.28. The summed E-state index contributed by atoms with van der Waals surface area (Å²) in [6, 6.07) is 11.2. The maximum atomic E-state index is 11.6. The van der Waals surface area contributed by atoms with Crippen molar-refractivity contribution in [3.05, 3.63) is 53.1 Å². The summed E-state index contributed by atoms with van der Waals surface area (Å²) in [7, 11) is 0. The molecule has 2 amide bonds. The van der Waals surface area contributed by atoms with Gasteiger partial charge in [-0.2, -0.15) is 5.10 Å². The molecule has 1 unspecified atom stereocenters. The first-order chi connectivity index (χ1) is 13.6. The van der Waals surface area contributed by atoms with E-state index in [0.29, 0.717) is 30.1 Å². The van der Waals surface area contributed by atoms with Crippen LogP contribution in [-0.4, -0.2) is 35.9 Å². The van der Waals surface area contributed by atoms with E-state index in [1.54, 1.807) is 6.92 Å². The smallest absolute Gasteiger partial charge is 0.231 e. The molecule has 2 aromatic rings. The molecule has 0 fully saturated rings. The summed E-state index contributed by atoms with van der Waals surface area (Å²) in [5.74, 6) is 1.34. The number of hydrazone groups is 1. The Kier molecular flexibility index (Phi) is 4.73. The Hall–Kier alpha value is -3.35. The molecule has 28 heavy (non-hydrogen) atoms.